The summed E-state index contributed by atoms with van der Waals surface area (Å²) in [5, 5.41) is 4.21. The summed E-state index contributed by atoms with van der Waals surface area (Å²) in [5.74, 6) is -0.998. The molecule has 2 aromatic rings. The van der Waals surface area contributed by atoms with Gasteiger partial charge in [-0.25, -0.2) is 4.98 Å². The van der Waals surface area contributed by atoms with Gasteiger partial charge < -0.3 is 9.64 Å². The van der Waals surface area contributed by atoms with Crippen molar-refractivity contribution in [3.8, 4) is 0 Å². The highest BCUT2D eigenvalue weighted by Crippen LogP contribution is 2.21. The number of nitrogens with zero attached hydrogens (tertiary/aromatic N) is 2. The van der Waals surface area contributed by atoms with Crippen molar-refractivity contribution in [3.63, 3.8) is 0 Å². The summed E-state index contributed by atoms with van der Waals surface area (Å²) in [6.07, 6.45) is 0.104. The third kappa shape index (κ3) is 4.87. The molecule has 0 saturated carbocycles. The maximum Gasteiger partial charge on any atom is 0.289 e. The first kappa shape index (κ1) is 18.5. The number of ether oxygens (including phenoxy) is 1. The maximum atomic E-state index is 12.1. The molecule has 138 valence electrons. The molecular formula is C16H18N4O4S2. The van der Waals surface area contributed by atoms with E-state index in [2.05, 4.69) is 20.7 Å². The Morgan fingerprint density at radius 1 is 1.15 bits per heavy atom. The fraction of sp³-hybridized carbons (Fsp3) is 0.375. The van der Waals surface area contributed by atoms with Crippen molar-refractivity contribution in [1.82, 2.24) is 15.8 Å². The SMILES string of the molecule is O=C(CCC(=O)c1cccs1)NNC(=O)c1csc(N2CCOCC2)n1. The topological polar surface area (TPSA) is 101 Å². The van der Waals surface area contributed by atoms with Crippen molar-refractivity contribution < 1.29 is 19.1 Å². The summed E-state index contributed by atoms with van der Waals surface area (Å²) in [7, 11) is 0. The quantitative estimate of drug-likeness (QED) is 0.568. The minimum absolute atomic E-state index is 0.00705. The number of carbonyl (C=O) groups is 3. The van der Waals surface area contributed by atoms with Gasteiger partial charge in [0.25, 0.3) is 5.91 Å². The van der Waals surface area contributed by atoms with Gasteiger partial charge in [0.15, 0.2) is 10.9 Å². The monoisotopic (exact) mass is 394 g/mol. The molecule has 1 aliphatic heterocycles. The van der Waals surface area contributed by atoms with E-state index < -0.39 is 11.8 Å². The molecule has 0 radical (unpaired) electrons. The molecule has 1 fully saturated rings. The molecule has 10 heteroatoms. The van der Waals surface area contributed by atoms with E-state index in [0.29, 0.717) is 18.1 Å². The number of carbonyl (C=O) groups excluding carboxylic acids is 3. The van der Waals surface area contributed by atoms with Gasteiger partial charge in [0.1, 0.15) is 5.69 Å². The second kappa shape index (κ2) is 8.88. The van der Waals surface area contributed by atoms with Gasteiger partial charge >= 0.3 is 0 Å². The lowest BCUT2D eigenvalue weighted by molar-refractivity contribution is -0.121. The first-order chi connectivity index (χ1) is 12.6. The lowest BCUT2D eigenvalue weighted by atomic mass is 10.2. The fourth-order valence-electron chi connectivity index (χ4n) is 2.31. The maximum absolute atomic E-state index is 12.1. The Balaban J connectivity index is 1.42. The summed E-state index contributed by atoms with van der Waals surface area (Å²) in [5.41, 5.74) is 4.88. The number of anilines is 1. The van der Waals surface area contributed by atoms with Crippen LogP contribution < -0.4 is 15.8 Å². The van der Waals surface area contributed by atoms with Crippen LogP contribution in [0.1, 0.15) is 33.0 Å². The van der Waals surface area contributed by atoms with Gasteiger partial charge in [0, 0.05) is 31.3 Å². The van der Waals surface area contributed by atoms with Crippen LogP contribution in [-0.2, 0) is 9.53 Å². The second-order valence-electron chi connectivity index (χ2n) is 5.52. The minimum atomic E-state index is -0.487. The zero-order chi connectivity index (χ0) is 18.4. The third-order valence-corrected chi connectivity index (χ3v) is 5.51. The van der Waals surface area contributed by atoms with Crippen molar-refractivity contribution >= 4 is 45.4 Å². The number of nitrogens with one attached hydrogen (secondary N) is 2. The minimum Gasteiger partial charge on any atom is -0.378 e. The van der Waals surface area contributed by atoms with Gasteiger partial charge in [-0.05, 0) is 11.4 Å². The molecule has 2 amide bonds. The number of Topliss-reactive ketones (excluding diaryl/α,β-unsaturated/α-hetero) is 1. The van der Waals surface area contributed by atoms with Crippen LogP contribution in [0.15, 0.2) is 22.9 Å². The van der Waals surface area contributed by atoms with Gasteiger partial charge in [0.05, 0.1) is 18.1 Å². The molecule has 0 unspecified atom stereocenters. The Morgan fingerprint density at radius 3 is 2.69 bits per heavy atom. The van der Waals surface area contributed by atoms with E-state index in [1.165, 1.54) is 22.7 Å². The Kier molecular flexibility index (Phi) is 6.31. The standard InChI is InChI=1S/C16H18N4O4S2/c21-12(13-2-1-9-25-13)3-4-14(22)18-19-15(23)11-10-26-16(17-11)20-5-7-24-8-6-20/h1-2,9-10H,3-8H2,(H,18,22)(H,19,23). The van der Waals surface area contributed by atoms with Gasteiger partial charge in [-0.15, -0.1) is 22.7 Å². The summed E-state index contributed by atoms with van der Waals surface area (Å²) in [6, 6.07) is 3.51. The van der Waals surface area contributed by atoms with Gasteiger partial charge in [-0.2, -0.15) is 0 Å². The molecule has 0 atom stereocenters. The molecule has 1 saturated heterocycles. The van der Waals surface area contributed by atoms with Crippen LogP contribution in [0.5, 0.6) is 0 Å². The van der Waals surface area contributed by atoms with Crippen LogP contribution in [0.2, 0.25) is 0 Å². The summed E-state index contributed by atoms with van der Waals surface area (Å²) >= 11 is 2.72. The molecule has 8 nitrogen and oxygen atoms in total. The first-order valence-electron chi connectivity index (χ1n) is 8.07. The molecular weight excluding hydrogens is 376 g/mol. The molecule has 0 bridgehead atoms. The van der Waals surface area contributed by atoms with E-state index in [9.17, 15) is 14.4 Å². The Hall–Kier alpha value is -2.30. The normalized spacial score (nSPS) is 14.1. The average molecular weight is 394 g/mol. The second-order valence-corrected chi connectivity index (χ2v) is 7.30. The zero-order valence-electron chi connectivity index (χ0n) is 13.9. The highest BCUT2D eigenvalue weighted by atomic mass is 32.1. The van der Waals surface area contributed by atoms with E-state index in [1.807, 2.05) is 5.38 Å². The predicted molar refractivity (Wildman–Crippen MR) is 98.6 cm³/mol. The van der Waals surface area contributed by atoms with Crippen LogP contribution >= 0.6 is 22.7 Å². The van der Waals surface area contributed by atoms with Crippen molar-refractivity contribution in [2.24, 2.45) is 0 Å². The number of ketones is 1. The number of aromatic nitrogens is 1. The molecule has 3 rings (SSSR count). The van der Waals surface area contributed by atoms with Crippen molar-refractivity contribution in [2.45, 2.75) is 12.8 Å². The van der Waals surface area contributed by atoms with Crippen molar-refractivity contribution in [1.29, 1.82) is 0 Å². The fourth-order valence-corrected chi connectivity index (χ4v) is 3.86. The summed E-state index contributed by atoms with van der Waals surface area (Å²) < 4.78 is 5.29. The number of thiophene rings is 1. The van der Waals surface area contributed by atoms with Crippen LogP contribution in [0.4, 0.5) is 5.13 Å². The highest BCUT2D eigenvalue weighted by Gasteiger charge is 2.18. The predicted octanol–water partition coefficient (Wildman–Crippen LogP) is 1.47. The third-order valence-electron chi connectivity index (χ3n) is 3.70. The van der Waals surface area contributed by atoms with Crippen LogP contribution in [0.3, 0.4) is 0 Å². The van der Waals surface area contributed by atoms with Gasteiger partial charge in [-0.3, -0.25) is 25.2 Å². The number of hydrazine groups is 1. The molecule has 2 N–H and O–H groups in total. The van der Waals surface area contributed by atoms with Crippen LogP contribution in [-0.4, -0.2) is 48.9 Å². The Bertz CT molecular complexity index is 769. The van der Waals surface area contributed by atoms with E-state index in [1.54, 1.807) is 17.5 Å². The van der Waals surface area contributed by atoms with Crippen molar-refractivity contribution in [3.05, 3.63) is 33.5 Å². The number of hydrogen-bond donors (Lipinski definition) is 2. The lowest BCUT2D eigenvalue weighted by Gasteiger charge is -2.25. The molecule has 0 aliphatic carbocycles. The first-order valence-corrected chi connectivity index (χ1v) is 9.83. The zero-order valence-corrected chi connectivity index (χ0v) is 15.5. The van der Waals surface area contributed by atoms with Crippen LogP contribution in [0.25, 0.3) is 0 Å². The smallest absolute Gasteiger partial charge is 0.289 e. The Morgan fingerprint density at radius 2 is 1.96 bits per heavy atom. The largest absolute Gasteiger partial charge is 0.378 e. The van der Waals surface area contributed by atoms with E-state index >= 15 is 0 Å². The molecule has 1 aliphatic rings. The number of hydrogen-bond acceptors (Lipinski definition) is 8. The highest BCUT2D eigenvalue weighted by molar-refractivity contribution is 7.14. The average Bonchev–Trinajstić information content (AvgIpc) is 3.37. The molecule has 3 heterocycles. The number of thiazole rings is 1. The number of rotatable bonds is 6. The van der Waals surface area contributed by atoms with Crippen molar-refractivity contribution in [2.75, 3.05) is 31.2 Å². The van der Waals surface area contributed by atoms with Gasteiger partial charge in [-0.1, -0.05) is 6.07 Å². The molecule has 2 aromatic heterocycles. The van der Waals surface area contributed by atoms with Gasteiger partial charge in [0.2, 0.25) is 5.91 Å². The summed E-state index contributed by atoms with van der Waals surface area (Å²) in [6.45, 7) is 2.76. The number of amides is 2. The Labute approximate surface area is 158 Å². The van der Waals surface area contributed by atoms with E-state index in [0.717, 1.165) is 18.2 Å². The van der Waals surface area contributed by atoms with E-state index in [4.69, 9.17) is 4.74 Å². The number of morpholine rings is 1. The van der Waals surface area contributed by atoms with E-state index in [-0.39, 0.29) is 24.3 Å². The summed E-state index contributed by atoms with van der Waals surface area (Å²) in [4.78, 5) is 42.7. The molecule has 0 aromatic carbocycles. The molecule has 0 spiro atoms. The van der Waals surface area contributed by atoms with Crippen LogP contribution in [0, 0.1) is 0 Å². The lowest BCUT2D eigenvalue weighted by Crippen LogP contribution is -2.42. The molecule has 26 heavy (non-hydrogen) atoms.